The van der Waals surface area contributed by atoms with Crippen LogP contribution in [-0.4, -0.2) is 40.0 Å². The molecule has 0 aliphatic carbocycles. The molecular formula is C20H26N2O4S2. The average molecular weight is 423 g/mol. The molecule has 6 nitrogen and oxygen atoms in total. The molecule has 28 heavy (non-hydrogen) atoms. The molecule has 2 aromatic rings. The first-order valence-electron chi connectivity index (χ1n) is 9.43. The standard InChI is InChI=1S/C20H26N2O4S2/c1-17-10-11-19(28(25,26)22-13-6-3-7-14-22)16-20(17)21-27(23,24)15-12-18-8-4-2-5-9-18/h2,4-5,8-11,16,21H,3,6-7,12-15H2,1H3. The average Bonchev–Trinajstić information content (AvgIpc) is 2.69. The lowest BCUT2D eigenvalue weighted by Gasteiger charge is -2.26. The number of anilines is 1. The number of piperidine rings is 1. The lowest BCUT2D eigenvalue weighted by molar-refractivity contribution is 0.346. The third-order valence-electron chi connectivity index (χ3n) is 4.93. The molecule has 3 rings (SSSR count). The molecule has 0 aromatic heterocycles. The monoisotopic (exact) mass is 422 g/mol. The van der Waals surface area contributed by atoms with Gasteiger partial charge in [-0.25, -0.2) is 16.8 Å². The van der Waals surface area contributed by atoms with E-state index in [0.29, 0.717) is 30.8 Å². The quantitative estimate of drug-likeness (QED) is 0.743. The molecule has 1 fully saturated rings. The molecular weight excluding hydrogens is 396 g/mol. The Morgan fingerprint density at radius 2 is 1.61 bits per heavy atom. The Hall–Kier alpha value is -1.90. The molecule has 0 spiro atoms. The van der Waals surface area contributed by atoms with Gasteiger partial charge >= 0.3 is 0 Å². The zero-order chi connectivity index (χ0) is 20.2. The zero-order valence-electron chi connectivity index (χ0n) is 16.0. The van der Waals surface area contributed by atoms with Crippen molar-refractivity contribution in [3.05, 3.63) is 59.7 Å². The van der Waals surface area contributed by atoms with Crippen LogP contribution in [0.1, 0.15) is 30.4 Å². The van der Waals surface area contributed by atoms with E-state index in [2.05, 4.69) is 4.72 Å². The van der Waals surface area contributed by atoms with Gasteiger partial charge in [0.1, 0.15) is 0 Å². The number of benzene rings is 2. The predicted octanol–water partition coefficient (Wildman–Crippen LogP) is 3.15. The fraction of sp³-hybridized carbons (Fsp3) is 0.400. The summed E-state index contributed by atoms with van der Waals surface area (Å²) in [5.41, 5.74) is 1.93. The minimum Gasteiger partial charge on any atom is -0.283 e. The third-order valence-corrected chi connectivity index (χ3v) is 8.10. The van der Waals surface area contributed by atoms with Crippen LogP contribution >= 0.6 is 0 Å². The van der Waals surface area contributed by atoms with Crippen LogP contribution in [0.25, 0.3) is 0 Å². The van der Waals surface area contributed by atoms with Crippen molar-refractivity contribution in [3.8, 4) is 0 Å². The van der Waals surface area contributed by atoms with Gasteiger partial charge < -0.3 is 0 Å². The Morgan fingerprint density at radius 1 is 0.929 bits per heavy atom. The minimum absolute atomic E-state index is 0.0699. The van der Waals surface area contributed by atoms with Crippen molar-refractivity contribution in [2.45, 2.75) is 37.5 Å². The van der Waals surface area contributed by atoms with Gasteiger partial charge in [0.2, 0.25) is 20.0 Å². The summed E-state index contributed by atoms with van der Waals surface area (Å²) in [7, 11) is -7.21. The third kappa shape index (κ3) is 5.12. The molecule has 1 aliphatic heterocycles. The summed E-state index contributed by atoms with van der Waals surface area (Å²) in [5, 5.41) is 0. The molecule has 2 aromatic carbocycles. The van der Waals surface area contributed by atoms with Crippen LogP contribution in [0.2, 0.25) is 0 Å². The molecule has 0 bridgehead atoms. The van der Waals surface area contributed by atoms with Gasteiger partial charge in [0.05, 0.1) is 16.3 Å². The topological polar surface area (TPSA) is 83.6 Å². The van der Waals surface area contributed by atoms with E-state index >= 15 is 0 Å². The normalized spacial score (nSPS) is 16.0. The summed E-state index contributed by atoms with van der Waals surface area (Å²) < 4.78 is 54.8. The van der Waals surface area contributed by atoms with Gasteiger partial charge in [-0.2, -0.15) is 4.31 Å². The number of hydrogen-bond donors (Lipinski definition) is 1. The summed E-state index contributed by atoms with van der Waals surface area (Å²) in [5.74, 6) is -0.0699. The van der Waals surface area contributed by atoms with Crippen LogP contribution in [0.15, 0.2) is 53.4 Å². The largest absolute Gasteiger partial charge is 0.283 e. The minimum atomic E-state index is -3.61. The number of nitrogens with one attached hydrogen (secondary N) is 1. The molecule has 1 heterocycles. The molecule has 0 saturated carbocycles. The van der Waals surface area contributed by atoms with Crippen LogP contribution < -0.4 is 4.72 Å². The van der Waals surface area contributed by atoms with Crippen molar-refractivity contribution >= 4 is 25.7 Å². The molecule has 0 atom stereocenters. The molecule has 8 heteroatoms. The summed E-state index contributed by atoms with van der Waals surface area (Å²) in [6.45, 7) is 2.77. The Kier molecular flexibility index (Phi) is 6.42. The van der Waals surface area contributed by atoms with Gasteiger partial charge in [0, 0.05) is 13.1 Å². The SMILES string of the molecule is Cc1ccc(S(=O)(=O)N2CCCCC2)cc1NS(=O)(=O)CCc1ccccc1. The number of nitrogens with zero attached hydrogens (tertiary/aromatic N) is 1. The second kappa shape index (κ2) is 8.63. The molecule has 1 aliphatic rings. The Bertz CT molecular complexity index is 1010. The molecule has 1 N–H and O–H groups in total. The van der Waals surface area contributed by atoms with Gasteiger partial charge in [-0.3, -0.25) is 4.72 Å². The van der Waals surface area contributed by atoms with E-state index in [4.69, 9.17) is 0 Å². The van der Waals surface area contributed by atoms with Crippen molar-refractivity contribution in [2.75, 3.05) is 23.6 Å². The van der Waals surface area contributed by atoms with E-state index in [-0.39, 0.29) is 10.6 Å². The van der Waals surface area contributed by atoms with E-state index in [9.17, 15) is 16.8 Å². The second-order valence-corrected chi connectivity index (χ2v) is 10.9. The molecule has 0 amide bonds. The van der Waals surface area contributed by atoms with E-state index < -0.39 is 20.0 Å². The van der Waals surface area contributed by atoms with Crippen LogP contribution in [0.4, 0.5) is 5.69 Å². The van der Waals surface area contributed by atoms with Crippen molar-refractivity contribution in [1.29, 1.82) is 0 Å². The van der Waals surface area contributed by atoms with E-state index in [1.807, 2.05) is 30.3 Å². The highest BCUT2D eigenvalue weighted by atomic mass is 32.2. The molecule has 0 radical (unpaired) electrons. The highest BCUT2D eigenvalue weighted by Crippen LogP contribution is 2.26. The van der Waals surface area contributed by atoms with Gasteiger partial charge in [-0.05, 0) is 49.4 Å². The van der Waals surface area contributed by atoms with Crippen LogP contribution in [-0.2, 0) is 26.5 Å². The summed E-state index contributed by atoms with van der Waals surface area (Å²) in [6.07, 6.45) is 3.13. The van der Waals surface area contributed by atoms with Gasteiger partial charge in [0.25, 0.3) is 0 Å². The Morgan fingerprint density at radius 3 is 2.29 bits per heavy atom. The Labute approximate surface area is 167 Å². The van der Waals surface area contributed by atoms with E-state index in [1.165, 1.54) is 10.4 Å². The van der Waals surface area contributed by atoms with Crippen LogP contribution in [0, 0.1) is 6.92 Å². The summed E-state index contributed by atoms with van der Waals surface area (Å²) in [4.78, 5) is 0.126. The van der Waals surface area contributed by atoms with Crippen LogP contribution in [0.5, 0.6) is 0 Å². The summed E-state index contributed by atoms with van der Waals surface area (Å²) in [6, 6.07) is 14.0. The van der Waals surface area contributed by atoms with Gasteiger partial charge in [-0.1, -0.05) is 42.8 Å². The van der Waals surface area contributed by atoms with Gasteiger partial charge in [-0.15, -0.1) is 0 Å². The lowest BCUT2D eigenvalue weighted by atomic mass is 10.2. The van der Waals surface area contributed by atoms with Crippen molar-refractivity contribution in [2.24, 2.45) is 0 Å². The molecule has 1 saturated heterocycles. The maximum atomic E-state index is 12.9. The smallest absolute Gasteiger partial charge is 0.243 e. The number of hydrogen-bond acceptors (Lipinski definition) is 4. The zero-order valence-corrected chi connectivity index (χ0v) is 17.6. The summed E-state index contributed by atoms with van der Waals surface area (Å²) >= 11 is 0. The maximum Gasteiger partial charge on any atom is 0.243 e. The first-order valence-corrected chi connectivity index (χ1v) is 12.5. The van der Waals surface area contributed by atoms with Gasteiger partial charge in [0.15, 0.2) is 0 Å². The van der Waals surface area contributed by atoms with E-state index in [1.54, 1.807) is 19.1 Å². The number of sulfonamides is 2. The Balaban J connectivity index is 1.77. The predicted molar refractivity (Wildman–Crippen MR) is 111 cm³/mol. The highest BCUT2D eigenvalue weighted by molar-refractivity contribution is 7.92. The fourth-order valence-electron chi connectivity index (χ4n) is 3.24. The molecule has 0 unspecified atom stereocenters. The maximum absolute atomic E-state index is 12.9. The van der Waals surface area contributed by atoms with Crippen LogP contribution in [0.3, 0.4) is 0 Å². The first kappa shape index (κ1) is 20.8. The molecule has 152 valence electrons. The highest BCUT2D eigenvalue weighted by Gasteiger charge is 2.26. The van der Waals surface area contributed by atoms with Crippen molar-refractivity contribution in [1.82, 2.24) is 4.31 Å². The van der Waals surface area contributed by atoms with Crippen molar-refractivity contribution in [3.63, 3.8) is 0 Å². The second-order valence-electron chi connectivity index (χ2n) is 7.10. The van der Waals surface area contributed by atoms with Crippen molar-refractivity contribution < 1.29 is 16.8 Å². The number of rotatable bonds is 7. The lowest BCUT2D eigenvalue weighted by Crippen LogP contribution is -2.35. The van der Waals surface area contributed by atoms with E-state index in [0.717, 1.165) is 24.8 Å². The fourth-order valence-corrected chi connectivity index (χ4v) is 5.95. The number of aryl methyl sites for hydroxylation is 2. The first-order chi connectivity index (χ1) is 13.3.